The van der Waals surface area contributed by atoms with Gasteiger partial charge in [-0.15, -0.1) is 0 Å². The molecule has 0 heterocycles. The molecule has 0 saturated heterocycles. The summed E-state index contributed by atoms with van der Waals surface area (Å²) in [6, 6.07) is 7.60. The summed E-state index contributed by atoms with van der Waals surface area (Å²) in [5, 5.41) is 2.38. The predicted octanol–water partition coefficient (Wildman–Crippen LogP) is 5.49. The molecule has 0 aromatic heterocycles. The molecule has 2 atom stereocenters. The van der Waals surface area contributed by atoms with Gasteiger partial charge in [-0.05, 0) is 42.2 Å². The minimum Gasteiger partial charge on any atom is -0.489 e. The normalized spacial score (nSPS) is 18.5. The Balaban J connectivity index is 1.79. The average Bonchev–Trinajstić information content (AvgIpc) is 3.49. The van der Waals surface area contributed by atoms with Crippen LogP contribution in [0.5, 0.6) is 5.75 Å². The van der Waals surface area contributed by atoms with E-state index in [4.69, 9.17) is 9.47 Å². The molecule has 4 nitrogen and oxygen atoms in total. The number of benzene rings is 2. The number of nitrogens with one attached hydrogen (secondary N) is 1. The Morgan fingerprint density at radius 3 is 2.39 bits per heavy atom. The summed E-state index contributed by atoms with van der Waals surface area (Å²) in [6.45, 7) is 0.211. The lowest BCUT2D eigenvalue weighted by Crippen LogP contribution is -2.18. The maximum atomic E-state index is 13.2. The van der Waals surface area contributed by atoms with E-state index >= 15 is 0 Å². The van der Waals surface area contributed by atoms with Gasteiger partial charge < -0.3 is 14.8 Å². The number of ether oxygens (including phenoxy) is 2. The van der Waals surface area contributed by atoms with E-state index in [2.05, 4.69) is 5.32 Å². The Morgan fingerprint density at radius 2 is 1.74 bits per heavy atom. The highest BCUT2D eigenvalue weighted by Crippen LogP contribution is 2.51. The zero-order chi connectivity index (χ0) is 22.8. The third kappa shape index (κ3) is 5.49. The minimum atomic E-state index is -4.64. The van der Waals surface area contributed by atoms with Crippen LogP contribution in [0.3, 0.4) is 0 Å². The molecule has 2 unspecified atom stereocenters. The minimum absolute atomic E-state index is 0.00393. The van der Waals surface area contributed by atoms with Crippen LogP contribution < -0.4 is 10.1 Å². The van der Waals surface area contributed by atoms with Crippen molar-refractivity contribution in [2.75, 3.05) is 25.6 Å². The van der Waals surface area contributed by atoms with Gasteiger partial charge in [0.05, 0.1) is 23.4 Å². The molecule has 1 aliphatic rings. The third-order valence-corrected chi connectivity index (χ3v) is 4.90. The van der Waals surface area contributed by atoms with Gasteiger partial charge in [-0.2, -0.15) is 26.3 Å². The van der Waals surface area contributed by atoms with Crippen molar-refractivity contribution >= 4 is 11.6 Å². The zero-order valence-electron chi connectivity index (χ0n) is 16.3. The van der Waals surface area contributed by atoms with Crippen LogP contribution in [0.15, 0.2) is 42.5 Å². The van der Waals surface area contributed by atoms with E-state index < -0.39 is 41.2 Å². The Labute approximate surface area is 174 Å². The van der Waals surface area contributed by atoms with Crippen LogP contribution >= 0.6 is 0 Å². The summed E-state index contributed by atoms with van der Waals surface area (Å²) in [7, 11) is 1.42. The van der Waals surface area contributed by atoms with Gasteiger partial charge >= 0.3 is 12.4 Å². The number of amides is 1. The molecule has 0 aliphatic heterocycles. The standard InChI is InChI=1S/C21H19F6NO3/c1-30-8-9-31-18-7-6-12(20(22,23)24)10-17(18)28-19(29)15-11-14(15)13-4-2-3-5-16(13)21(25,26)27/h2-7,10,14-15H,8-9,11H2,1H3,(H,28,29). The van der Waals surface area contributed by atoms with Gasteiger partial charge in [0.25, 0.3) is 0 Å². The largest absolute Gasteiger partial charge is 0.489 e. The van der Waals surface area contributed by atoms with Crippen LogP contribution in [0.1, 0.15) is 29.0 Å². The van der Waals surface area contributed by atoms with Gasteiger partial charge in [-0.25, -0.2) is 0 Å². The van der Waals surface area contributed by atoms with E-state index in [1.165, 1.54) is 25.3 Å². The number of carbonyl (C=O) groups excluding carboxylic acids is 1. The van der Waals surface area contributed by atoms with Gasteiger partial charge in [-0.1, -0.05) is 18.2 Å². The molecule has 0 bridgehead atoms. The summed E-state index contributed by atoms with van der Waals surface area (Å²) in [6.07, 6.45) is -9.04. The fourth-order valence-corrected chi connectivity index (χ4v) is 3.30. The molecule has 2 aromatic rings. The van der Waals surface area contributed by atoms with Crippen molar-refractivity contribution in [2.24, 2.45) is 5.92 Å². The smallest absolute Gasteiger partial charge is 0.416 e. The lowest BCUT2D eigenvalue weighted by Gasteiger charge is -2.16. The number of hydrogen-bond donors (Lipinski definition) is 1. The van der Waals surface area contributed by atoms with Crippen molar-refractivity contribution < 1.29 is 40.6 Å². The van der Waals surface area contributed by atoms with Crippen LogP contribution in [0.2, 0.25) is 0 Å². The van der Waals surface area contributed by atoms with Crippen molar-refractivity contribution in [3.63, 3.8) is 0 Å². The molecule has 0 radical (unpaired) electrons. The van der Waals surface area contributed by atoms with E-state index in [0.717, 1.165) is 24.3 Å². The number of halogens is 6. The van der Waals surface area contributed by atoms with Gasteiger partial charge in [0.15, 0.2) is 0 Å². The first-order chi connectivity index (χ1) is 14.5. The number of hydrogen-bond acceptors (Lipinski definition) is 3. The number of carbonyl (C=O) groups is 1. The first kappa shape index (κ1) is 22.9. The Kier molecular flexibility index (Phi) is 6.49. The first-order valence-corrected chi connectivity index (χ1v) is 9.32. The summed E-state index contributed by atoms with van der Waals surface area (Å²) in [4.78, 5) is 12.6. The lowest BCUT2D eigenvalue weighted by atomic mass is 10.0. The molecule has 2 aromatic carbocycles. The monoisotopic (exact) mass is 447 g/mol. The molecule has 1 saturated carbocycles. The Hall–Kier alpha value is -2.75. The van der Waals surface area contributed by atoms with Gasteiger partial charge in [0, 0.05) is 13.0 Å². The second kappa shape index (κ2) is 8.78. The van der Waals surface area contributed by atoms with E-state index in [-0.39, 0.29) is 36.6 Å². The SMILES string of the molecule is COCCOc1ccc(C(F)(F)F)cc1NC(=O)C1CC1c1ccccc1C(F)(F)F. The molecular weight excluding hydrogens is 428 g/mol. The van der Waals surface area contributed by atoms with Crippen LogP contribution in [0, 0.1) is 5.92 Å². The second-order valence-electron chi connectivity index (χ2n) is 7.07. The maximum Gasteiger partial charge on any atom is 0.416 e. The highest BCUT2D eigenvalue weighted by Gasteiger charge is 2.48. The molecule has 1 N–H and O–H groups in total. The number of rotatable bonds is 7. The van der Waals surface area contributed by atoms with Crippen molar-refractivity contribution in [1.29, 1.82) is 0 Å². The summed E-state index contributed by atoms with van der Waals surface area (Å²) >= 11 is 0. The molecule has 10 heteroatoms. The van der Waals surface area contributed by atoms with Crippen LogP contribution in [-0.4, -0.2) is 26.2 Å². The molecule has 31 heavy (non-hydrogen) atoms. The predicted molar refractivity (Wildman–Crippen MR) is 99.7 cm³/mol. The number of alkyl halides is 6. The molecular formula is C21H19F6NO3. The van der Waals surface area contributed by atoms with E-state index in [1.54, 1.807) is 0 Å². The highest BCUT2D eigenvalue weighted by atomic mass is 19.4. The van der Waals surface area contributed by atoms with Crippen LogP contribution in [0.4, 0.5) is 32.0 Å². The number of methoxy groups -OCH3 is 1. The molecule has 1 amide bonds. The second-order valence-corrected chi connectivity index (χ2v) is 7.07. The summed E-state index contributed by atoms with van der Waals surface area (Å²) in [5.41, 5.74) is -2.02. The zero-order valence-corrected chi connectivity index (χ0v) is 16.3. The number of anilines is 1. The lowest BCUT2D eigenvalue weighted by molar-refractivity contribution is -0.138. The topological polar surface area (TPSA) is 47.6 Å². The van der Waals surface area contributed by atoms with Crippen molar-refractivity contribution in [3.8, 4) is 5.75 Å². The van der Waals surface area contributed by atoms with Crippen LogP contribution in [0.25, 0.3) is 0 Å². The Morgan fingerprint density at radius 1 is 1.03 bits per heavy atom. The third-order valence-electron chi connectivity index (χ3n) is 4.90. The van der Waals surface area contributed by atoms with Crippen molar-refractivity contribution in [3.05, 3.63) is 59.2 Å². The first-order valence-electron chi connectivity index (χ1n) is 9.32. The maximum absolute atomic E-state index is 13.2. The molecule has 3 rings (SSSR count). The van der Waals surface area contributed by atoms with Gasteiger partial charge in [0.1, 0.15) is 12.4 Å². The van der Waals surface area contributed by atoms with E-state index in [0.29, 0.717) is 0 Å². The molecule has 1 fully saturated rings. The van der Waals surface area contributed by atoms with Gasteiger partial charge in [-0.3, -0.25) is 4.79 Å². The average molecular weight is 447 g/mol. The molecule has 168 valence electrons. The van der Waals surface area contributed by atoms with Crippen LogP contribution in [-0.2, 0) is 21.9 Å². The Bertz CT molecular complexity index is 941. The molecule has 0 spiro atoms. The van der Waals surface area contributed by atoms with Gasteiger partial charge in [0.2, 0.25) is 5.91 Å². The summed E-state index contributed by atoms with van der Waals surface area (Å²) < 4.78 is 89.1. The summed E-state index contributed by atoms with van der Waals surface area (Å²) in [5.74, 6) is -2.12. The van der Waals surface area contributed by atoms with Crippen molar-refractivity contribution in [2.45, 2.75) is 24.7 Å². The highest BCUT2D eigenvalue weighted by molar-refractivity contribution is 5.96. The quantitative estimate of drug-likeness (QED) is 0.451. The van der Waals surface area contributed by atoms with Crippen molar-refractivity contribution in [1.82, 2.24) is 0 Å². The molecule has 1 aliphatic carbocycles. The van der Waals surface area contributed by atoms with E-state index in [1.807, 2.05) is 0 Å². The fourth-order valence-electron chi connectivity index (χ4n) is 3.30. The fraction of sp³-hybridized carbons (Fsp3) is 0.381. The van der Waals surface area contributed by atoms with E-state index in [9.17, 15) is 31.1 Å².